The number of nitro benzene ring substituents is 1. The number of benzene rings is 3. The summed E-state index contributed by atoms with van der Waals surface area (Å²) in [5, 5.41) is 18.0. The number of hydrogen-bond acceptors (Lipinski definition) is 5. The number of hydrogen-bond donors (Lipinski definition) is 2. The minimum atomic E-state index is -0.649. The second kappa shape index (κ2) is 12.3. The van der Waals surface area contributed by atoms with E-state index in [4.69, 9.17) is 4.74 Å². The van der Waals surface area contributed by atoms with Crippen molar-refractivity contribution in [3.63, 3.8) is 0 Å². The van der Waals surface area contributed by atoms with Crippen molar-refractivity contribution < 1.29 is 19.2 Å². The van der Waals surface area contributed by atoms with Crippen LogP contribution >= 0.6 is 0 Å². The number of unbranched alkanes of at least 4 members (excludes halogenated alkanes) is 5. The zero-order valence-corrected chi connectivity index (χ0v) is 19.2. The Morgan fingerprint density at radius 1 is 0.912 bits per heavy atom. The van der Waals surface area contributed by atoms with E-state index in [2.05, 4.69) is 17.6 Å². The van der Waals surface area contributed by atoms with E-state index in [-0.39, 0.29) is 22.7 Å². The van der Waals surface area contributed by atoms with Crippen LogP contribution in [0.4, 0.5) is 16.2 Å². The number of amides is 2. The van der Waals surface area contributed by atoms with Crippen molar-refractivity contribution in [3.05, 3.63) is 76.3 Å². The molecule has 2 amide bonds. The first kappa shape index (κ1) is 24.7. The van der Waals surface area contributed by atoms with Gasteiger partial charge in [-0.2, -0.15) is 0 Å². The number of anilines is 1. The number of nitrogens with zero attached hydrogens (tertiary/aromatic N) is 1. The summed E-state index contributed by atoms with van der Waals surface area (Å²) in [5.41, 5.74) is -0.0369. The molecule has 3 aromatic carbocycles. The highest BCUT2D eigenvalue weighted by Crippen LogP contribution is 2.31. The summed E-state index contributed by atoms with van der Waals surface area (Å²) in [6, 6.07) is 16.4. The third kappa shape index (κ3) is 6.54. The SMILES string of the molecule is CCCCCCCCNC(=O)Oc1ccc2ccccc2c1C(=O)Nc1ccccc1[N+](=O)[O-]. The summed E-state index contributed by atoms with van der Waals surface area (Å²) in [4.78, 5) is 36.4. The van der Waals surface area contributed by atoms with Crippen molar-refractivity contribution in [2.45, 2.75) is 45.4 Å². The van der Waals surface area contributed by atoms with Crippen molar-refractivity contribution in [3.8, 4) is 5.75 Å². The van der Waals surface area contributed by atoms with Crippen LogP contribution in [0.2, 0.25) is 0 Å². The molecular formula is C26H29N3O5. The van der Waals surface area contributed by atoms with Gasteiger partial charge >= 0.3 is 6.09 Å². The van der Waals surface area contributed by atoms with E-state index < -0.39 is 16.9 Å². The third-order valence-corrected chi connectivity index (χ3v) is 5.47. The average Bonchev–Trinajstić information content (AvgIpc) is 2.83. The summed E-state index contributed by atoms with van der Waals surface area (Å²) in [5.74, 6) is -0.528. The summed E-state index contributed by atoms with van der Waals surface area (Å²) in [6.45, 7) is 2.65. The van der Waals surface area contributed by atoms with Gasteiger partial charge < -0.3 is 15.4 Å². The Balaban J connectivity index is 1.76. The van der Waals surface area contributed by atoms with Crippen LogP contribution in [0, 0.1) is 10.1 Å². The predicted octanol–water partition coefficient (Wildman–Crippen LogP) is 6.45. The first-order valence-corrected chi connectivity index (χ1v) is 11.5. The number of nitro groups is 1. The molecule has 0 saturated carbocycles. The summed E-state index contributed by atoms with van der Waals surface area (Å²) in [7, 11) is 0. The normalized spacial score (nSPS) is 10.6. The van der Waals surface area contributed by atoms with Gasteiger partial charge in [-0.3, -0.25) is 14.9 Å². The highest BCUT2D eigenvalue weighted by molar-refractivity contribution is 6.15. The minimum Gasteiger partial charge on any atom is -0.409 e. The minimum absolute atomic E-state index is 0.0592. The largest absolute Gasteiger partial charge is 0.412 e. The maximum atomic E-state index is 13.2. The second-order valence-electron chi connectivity index (χ2n) is 7.97. The molecule has 8 nitrogen and oxygen atoms in total. The molecule has 0 saturated heterocycles. The number of rotatable bonds is 11. The number of carbonyl (C=O) groups is 2. The van der Waals surface area contributed by atoms with E-state index in [1.54, 1.807) is 30.3 Å². The van der Waals surface area contributed by atoms with Gasteiger partial charge in [-0.25, -0.2) is 4.79 Å². The van der Waals surface area contributed by atoms with Gasteiger partial charge in [0.1, 0.15) is 11.4 Å². The first-order chi connectivity index (χ1) is 16.5. The van der Waals surface area contributed by atoms with Gasteiger partial charge in [0.05, 0.1) is 10.5 Å². The Kier molecular flexibility index (Phi) is 8.96. The predicted molar refractivity (Wildman–Crippen MR) is 132 cm³/mol. The molecule has 0 spiro atoms. The van der Waals surface area contributed by atoms with Gasteiger partial charge in [-0.05, 0) is 29.3 Å². The van der Waals surface area contributed by atoms with E-state index in [0.29, 0.717) is 11.9 Å². The van der Waals surface area contributed by atoms with Crippen LogP contribution in [0.1, 0.15) is 55.8 Å². The number of para-hydroxylation sites is 2. The molecule has 0 radical (unpaired) electrons. The summed E-state index contributed by atoms with van der Waals surface area (Å²) >= 11 is 0. The van der Waals surface area contributed by atoms with Gasteiger partial charge in [-0.15, -0.1) is 0 Å². The lowest BCUT2D eigenvalue weighted by molar-refractivity contribution is -0.383. The molecule has 0 aliphatic carbocycles. The lowest BCUT2D eigenvalue weighted by atomic mass is 10.0. The van der Waals surface area contributed by atoms with Crippen molar-refractivity contribution >= 4 is 34.1 Å². The van der Waals surface area contributed by atoms with Crippen LogP contribution in [-0.4, -0.2) is 23.5 Å². The quantitative estimate of drug-likeness (QED) is 0.193. The zero-order chi connectivity index (χ0) is 24.3. The van der Waals surface area contributed by atoms with E-state index >= 15 is 0 Å². The highest BCUT2D eigenvalue weighted by Gasteiger charge is 2.22. The van der Waals surface area contributed by atoms with Crippen LogP contribution in [-0.2, 0) is 0 Å². The summed E-state index contributed by atoms with van der Waals surface area (Å²) < 4.78 is 5.49. The summed E-state index contributed by atoms with van der Waals surface area (Å²) in [6.07, 6.45) is 5.95. The molecular weight excluding hydrogens is 434 g/mol. The van der Waals surface area contributed by atoms with E-state index in [1.807, 2.05) is 12.1 Å². The standard InChI is InChI=1S/C26H29N3O5/c1-2-3-4-5-6-11-18-27-26(31)34-23-17-16-19-12-7-8-13-20(19)24(23)25(30)28-21-14-9-10-15-22(21)29(32)33/h7-10,12-17H,2-6,11,18H2,1H3,(H,27,31)(H,28,30). The van der Waals surface area contributed by atoms with Crippen molar-refractivity contribution in [1.29, 1.82) is 0 Å². The molecule has 3 rings (SSSR count). The molecule has 0 aromatic heterocycles. The van der Waals surface area contributed by atoms with Crippen molar-refractivity contribution in [2.75, 3.05) is 11.9 Å². The fraction of sp³-hybridized carbons (Fsp3) is 0.308. The third-order valence-electron chi connectivity index (χ3n) is 5.47. The van der Waals surface area contributed by atoms with Crippen LogP contribution in [0.3, 0.4) is 0 Å². The topological polar surface area (TPSA) is 111 Å². The number of carbonyl (C=O) groups excluding carboxylic acids is 2. The van der Waals surface area contributed by atoms with E-state index in [0.717, 1.165) is 24.6 Å². The van der Waals surface area contributed by atoms with Gasteiger partial charge in [0.25, 0.3) is 11.6 Å². The van der Waals surface area contributed by atoms with Crippen LogP contribution < -0.4 is 15.4 Å². The van der Waals surface area contributed by atoms with Gasteiger partial charge in [0.15, 0.2) is 0 Å². The maximum Gasteiger partial charge on any atom is 0.412 e. The molecule has 0 atom stereocenters. The smallest absolute Gasteiger partial charge is 0.409 e. The molecule has 34 heavy (non-hydrogen) atoms. The molecule has 0 fully saturated rings. The van der Waals surface area contributed by atoms with E-state index in [9.17, 15) is 19.7 Å². The van der Waals surface area contributed by atoms with Gasteiger partial charge in [-0.1, -0.05) is 81.5 Å². The van der Waals surface area contributed by atoms with Crippen molar-refractivity contribution in [1.82, 2.24) is 5.32 Å². The first-order valence-electron chi connectivity index (χ1n) is 11.5. The Labute approximate surface area is 198 Å². The van der Waals surface area contributed by atoms with E-state index in [1.165, 1.54) is 37.5 Å². The Morgan fingerprint density at radius 3 is 2.41 bits per heavy atom. The average molecular weight is 464 g/mol. The molecule has 0 aliphatic rings. The maximum absolute atomic E-state index is 13.2. The number of ether oxygens (including phenoxy) is 1. The lowest BCUT2D eigenvalue weighted by Gasteiger charge is -2.14. The molecule has 0 unspecified atom stereocenters. The van der Waals surface area contributed by atoms with Crippen molar-refractivity contribution in [2.24, 2.45) is 0 Å². The van der Waals surface area contributed by atoms with Crippen LogP contribution in [0.25, 0.3) is 10.8 Å². The molecule has 8 heteroatoms. The fourth-order valence-corrected chi connectivity index (χ4v) is 3.73. The van der Waals surface area contributed by atoms with Gasteiger partial charge in [0.2, 0.25) is 0 Å². The second-order valence-corrected chi connectivity index (χ2v) is 7.97. The molecule has 0 aliphatic heterocycles. The van der Waals surface area contributed by atoms with Crippen LogP contribution in [0.5, 0.6) is 5.75 Å². The van der Waals surface area contributed by atoms with Gasteiger partial charge in [0, 0.05) is 12.6 Å². The highest BCUT2D eigenvalue weighted by atomic mass is 16.6. The Bertz CT molecular complexity index is 1160. The Morgan fingerprint density at radius 2 is 1.62 bits per heavy atom. The zero-order valence-electron chi connectivity index (χ0n) is 19.2. The monoisotopic (exact) mass is 463 g/mol. The number of nitrogens with one attached hydrogen (secondary N) is 2. The molecule has 3 aromatic rings. The van der Waals surface area contributed by atoms with Crippen LogP contribution in [0.15, 0.2) is 60.7 Å². The molecule has 0 heterocycles. The lowest BCUT2D eigenvalue weighted by Crippen LogP contribution is -2.28. The molecule has 178 valence electrons. The number of fused-ring (bicyclic) bond motifs is 1. The fourth-order valence-electron chi connectivity index (χ4n) is 3.73. The molecule has 0 bridgehead atoms. The molecule has 2 N–H and O–H groups in total. The Hall–Kier alpha value is -3.94.